The van der Waals surface area contributed by atoms with E-state index in [0.29, 0.717) is 11.8 Å². The maximum absolute atomic E-state index is 10.8. The second-order valence-corrected chi connectivity index (χ2v) is 7.73. The lowest BCUT2D eigenvalue weighted by molar-refractivity contribution is 0.112. The molecule has 5 heteroatoms. The van der Waals surface area contributed by atoms with Crippen LogP contribution in [0.4, 0.5) is 0 Å². The summed E-state index contributed by atoms with van der Waals surface area (Å²) in [6.07, 6.45) is 0.903. The van der Waals surface area contributed by atoms with Crippen LogP contribution in [0.3, 0.4) is 0 Å². The summed E-state index contributed by atoms with van der Waals surface area (Å²) in [6.45, 7) is 12.2. The number of alkyl halides is 4. The summed E-state index contributed by atoms with van der Waals surface area (Å²) in [4.78, 5) is 10.8. The average molecular weight is 450 g/mol. The Balaban J connectivity index is 0.000000442. The molecule has 2 rings (SSSR count). The van der Waals surface area contributed by atoms with E-state index in [1.54, 1.807) is 0 Å². The van der Waals surface area contributed by atoms with Crippen LogP contribution in [-0.4, -0.2) is 11.6 Å². The Kier molecular flexibility index (Phi) is 13.1. The molecule has 27 heavy (non-hydrogen) atoms. The number of halogens is 4. The molecule has 0 unspecified atom stereocenters. The highest BCUT2D eigenvalue weighted by Gasteiger charge is 2.08. The highest BCUT2D eigenvalue weighted by molar-refractivity contribution is 6.40. The van der Waals surface area contributed by atoms with Crippen molar-refractivity contribution in [2.24, 2.45) is 0 Å². The van der Waals surface area contributed by atoms with Crippen molar-refractivity contribution in [1.29, 1.82) is 0 Å². The van der Waals surface area contributed by atoms with E-state index in [4.69, 9.17) is 46.4 Å². The van der Waals surface area contributed by atoms with Crippen LogP contribution in [-0.2, 0) is 11.8 Å². The van der Waals surface area contributed by atoms with E-state index < -0.39 is 0 Å². The van der Waals surface area contributed by atoms with E-state index in [1.807, 2.05) is 26.8 Å². The highest BCUT2D eigenvalue weighted by Crippen LogP contribution is 2.22. The van der Waals surface area contributed by atoms with Gasteiger partial charge in [0.1, 0.15) is 0 Å². The summed E-state index contributed by atoms with van der Waals surface area (Å²) >= 11 is 21.1. The van der Waals surface area contributed by atoms with E-state index in [9.17, 15) is 4.79 Å². The van der Waals surface area contributed by atoms with Gasteiger partial charge in [0.05, 0.1) is 5.34 Å². The Hall–Kier alpha value is -0.730. The standard InChI is InChI=1S/C11H13ClO.C10H13Cl.CH2Cl2/c1-7-4-8(2)11(6-13)9(3)10(7)5-12;1-7-4-8(2)10(6-11)9(3)5-7;2-1-3/h4,6H,5H2,1-3H3;4-5H,6H2,1-3H3;1H2. The molecule has 0 atom stereocenters. The van der Waals surface area contributed by atoms with Crippen LogP contribution in [0.15, 0.2) is 18.2 Å². The number of rotatable bonds is 3. The van der Waals surface area contributed by atoms with Crippen LogP contribution in [0.25, 0.3) is 0 Å². The minimum atomic E-state index is 0.194. The molecule has 0 aromatic heterocycles. The summed E-state index contributed by atoms with van der Waals surface area (Å²) < 4.78 is 0. The molecule has 150 valence electrons. The number of carbonyl (C=O) groups excluding carboxylic acids is 1. The Morgan fingerprint density at radius 2 is 1.11 bits per heavy atom. The summed E-state index contributed by atoms with van der Waals surface area (Å²) in [7, 11) is 0. The third-order valence-corrected chi connectivity index (χ3v) is 4.95. The van der Waals surface area contributed by atoms with Crippen LogP contribution in [0.1, 0.15) is 54.9 Å². The van der Waals surface area contributed by atoms with E-state index in [2.05, 4.69) is 32.9 Å². The van der Waals surface area contributed by atoms with Crippen molar-refractivity contribution in [2.45, 2.75) is 53.3 Å². The molecule has 0 saturated carbocycles. The smallest absolute Gasteiger partial charge is 0.150 e. The number of benzene rings is 2. The third kappa shape index (κ3) is 8.03. The molecule has 0 aliphatic heterocycles. The van der Waals surface area contributed by atoms with Crippen LogP contribution < -0.4 is 0 Å². The first-order valence-corrected chi connectivity index (χ1v) is 10.7. The van der Waals surface area contributed by atoms with Gasteiger partial charge in [0.25, 0.3) is 0 Å². The number of hydrogen-bond donors (Lipinski definition) is 0. The maximum atomic E-state index is 10.8. The van der Waals surface area contributed by atoms with Gasteiger partial charge in [-0.05, 0) is 80.5 Å². The van der Waals surface area contributed by atoms with E-state index in [-0.39, 0.29) is 5.34 Å². The van der Waals surface area contributed by atoms with Crippen molar-refractivity contribution in [3.63, 3.8) is 0 Å². The van der Waals surface area contributed by atoms with Gasteiger partial charge in [0, 0.05) is 17.3 Å². The molecule has 2 aromatic rings. The van der Waals surface area contributed by atoms with E-state index in [1.165, 1.54) is 22.3 Å². The minimum absolute atomic E-state index is 0.194. The first-order chi connectivity index (χ1) is 12.7. The zero-order valence-corrected chi connectivity index (χ0v) is 19.9. The minimum Gasteiger partial charge on any atom is -0.298 e. The Bertz CT molecular complexity index is 731. The summed E-state index contributed by atoms with van der Waals surface area (Å²) in [6, 6.07) is 6.35. The number of hydrogen-bond acceptors (Lipinski definition) is 1. The van der Waals surface area contributed by atoms with Crippen LogP contribution in [0.5, 0.6) is 0 Å². The molecule has 0 aliphatic carbocycles. The van der Waals surface area contributed by atoms with E-state index in [0.717, 1.165) is 34.1 Å². The molecule has 0 amide bonds. The monoisotopic (exact) mass is 448 g/mol. The molecule has 0 N–H and O–H groups in total. The first-order valence-electron chi connectivity index (χ1n) is 8.53. The highest BCUT2D eigenvalue weighted by atomic mass is 35.5. The molecule has 0 radical (unpaired) electrons. The first kappa shape index (κ1) is 26.3. The van der Waals surface area contributed by atoms with Gasteiger partial charge in [-0.2, -0.15) is 0 Å². The lowest BCUT2D eigenvalue weighted by atomic mass is 9.95. The van der Waals surface area contributed by atoms with Gasteiger partial charge < -0.3 is 0 Å². The van der Waals surface area contributed by atoms with Gasteiger partial charge >= 0.3 is 0 Å². The van der Waals surface area contributed by atoms with Crippen molar-refractivity contribution in [1.82, 2.24) is 0 Å². The molecular weight excluding hydrogens is 422 g/mol. The van der Waals surface area contributed by atoms with Crippen LogP contribution in [0.2, 0.25) is 0 Å². The Labute approximate surface area is 184 Å². The average Bonchev–Trinajstić information content (AvgIpc) is 2.56. The fraction of sp³-hybridized carbons (Fsp3) is 0.409. The van der Waals surface area contributed by atoms with Crippen molar-refractivity contribution in [3.05, 3.63) is 68.3 Å². The van der Waals surface area contributed by atoms with Crippen molar-refractivity contribution < 1.29 is 4.79 Å². The molecule has 1 nitrogen and oxygen atoms in total. The molecule has 0 spiro atoms. The maximum Gasteiger partial charge on any atom is 0.150 e. The number of aldehydes is 1. The van der Waals surface area contributed by atoms with Crippen molar-refractivity contribution in [3.8, 4) is 0 Å². The van der Waals surface area contributed by atoms with Gasteiger partial charge in [-0.3, -0.25) is 4.79 Å². The Morgan fingerprint density at radius 3 is 1.48 bits per heavy atom. The molecule has 0 heterocycles. The topological polar surface area (TPSA) is 17.1 Å². The summed E-state index contributed by atoms with van der Waals surface area (Å²) in [5.74, 6) is 1.09. The molecular formula is C22H28Cl4O. The summed E-state index contributed by atoms with van der Waals surface area (Å²) in [5.41, 5.74) is 10.3. The quantitative estimate of drug-likeness (QED) is 0.343. The third-order valence-electron chi connectivity index (χ3n) is 4.42. The van der Waals surface area contributed by atoms with Gasteiger partial charge in [0.15, 0.2) is 6.29 Å². The lowest BCUT2D eigenvalue weighted by Crippen LogP contribution is -1.99. The van der Waals surface area contributed by atoms with Crippen molar-refractivity contribution >= 4 is 52.7 Å². The fourth-order valence-electron chi connectivity index (χ4n) is 3.05. The predicted molar refractivity (Wildman–Crippen MR) is 122 cm³/mol. The van der Waals surface area contributed by atoms with Gasteiger partial charge in [0.2, 0.25) is 0 Å². The molecule has 0 saturated heterocycles. The van der Waals surface area contributed by atoms with Gasteiger partial charge in [-0.15, -0.1) is 46.4 Å². The number of aryl methyl sites for hydroxylation is 5. The zero-order valence-electron chi connectivity index (χ0n) is 16.9. The number of carbonyl (C=O) groups is 1. The second kappa shape index (κ2) is 13.4. The van der Waals surface area contributed by atoms with E-state index >= 15 is 0 Å². The predicted octanol–water partition coefficient (Wildman–Crippen LogP) is 7.94. The molecule has 0 fully saturated rings. The second-order valence-electron chi connectivity index (χ2n) is 6.39. The fourth-order valence-corrected chi connectivity index (χ4v) is 3.88. The molecule has 2 aromatic carbocycles. The lowest BCUT2D eigenvalue weighted by Gasteiger charge is -2.11. The normalized spacial score (nSPS) is 9.70. The van der Waals surface area contributed by atoms with Crippen LogP contribution >= 0.6 is 46.4 Å². The molecule has 0 aliphatic rings. The van der Waals surface area contributed by atoms with Crippen LogP contribution in [0, 0.1) is 41.5 Å². The zero-order chi connectivity index (χ0) is 21.1. The van der Waals surface area contributed by atoms with Gasteiger partial charge in [-0.25, -0.2) is 0 Å². The van der Waals surface area contributed by atoms with Crippen molar-refractivity contribution in [2.75, 3.05) is 5.34 Å². The molecule has 0 bridgehead atoms. The SMILES string of the molecule is Cc1cc(C)c(CCl)c(C)c1.Cc1cc(C)c(CCl)c(C)c1C=O.ClCCl. The Morgan fingerprint density at radius 1 is 0.704 bits per heavy atom. The van der Waals surface area contributed by atoms with Gasteiger partial charge in [-0.1, -0.05) is 23.8 Å². The largest absolute Gasteiger partial charge is 0.298 e. The summed E-state index contributed by atoms with van der Waals surface area (Å²) in [5, 5.41) is 0.194.